The summed E-state index contributed by atoms with van der Waals surface area (Å²) in [4.78, 5) is 6.73. The molecule has 120 valence electrons. The lowest BCUT2D eigenvalue weighted by Gasteiger charge is -2.19. The van der Waals surface area contributed by atoms with Crippen LogP contribution in [-0.2, 0) is 16.0 Å². The van der Waals surface area contributed by atoms with Crippen molar-refractivity contribution in [1.82, 2.24) is 9.88 Å². The number of nitrogens with zero attached hydrogens (tertiary/aromatic N) is 2. The number of rotatable bonds is 7. The molecule has 1 aromatic rings. The average molecular weight is 302 g/mol. The highest BCUT2D eigenvalue weighted by Gasteiger charge is 2.43. The number of fused-ring (bicyclic) bond motifs is 1. The summed E-state index contributed by atoms with van der Waals surface area (Å²) in [5.74, 6) is 2.25. The third kappa shape index (κ3) is 3.50. The first-order valence-corrected chi connectivity index (χ1v) is 8.69. The molecular formula is C18H26N2O2. The van der Waals surface area contributed by atoms with Crippen molar-refractivity contribution in [3.8, 4) is 0 Å². The molecular weight excluding hydrogens is 276 g/mol. The van der Waals surface area contributed by atoms with E-state index in [2.05, 4.69) is 16.0 Å². The summed E-state index contributed by atoms with van der Waals surface area (Å²) in [7, 11) is 0. The molecule has 0 aromatic carbocycles. The van der Waals surface area contributed by atoms with Gasteiger partial charge in [0.25, 0.3) is 0 Å². The first kappa shape index (κ1) is 14.6. The van der Waals surface area contributed by atoms with E-state index in [0.717, 1.165) is 51.8 Å². The fraction of sp³-hybridized carbons (Fsp3) is 0.722. The van der Waals surface area contributed by atoms with Crippen LogP contribution in [0.3, 0.4) is 0 Å². The Kier molecular flexibility index (Phi) is 4.42. The van der Waals surface area contributed by atoms with Crippen molar-refractivity contribution in [2.75, 3.05) is 32.9 Å². The highest BCUT2D eigenvalue weighted by atomic mass is 16.5. The zero-order valence-corrected chi connectivity index (χ0v) is 13.2. The number of hydrogen-bond donors (Lipinski definition) is 0. The van der Waals surface area contributed by atoms with E-state index in [-0.39, 0.29) is 0 Å². The van der Waals surface area contributed by atoms with Crippen molar-refractivity contribution >= 4 is 0 Å². The van der Waals surface area contributed by atoms with E-state index >= 15 is 0 Å². The van der Waals surface area contributed by atoms with Crippen molar-refractivity contribution in [1.29, 1.82) is 0 Å². The average Bonchev–Trinajstić information content (AvgIpc) is 3.17. The number of ether oxygens (including phenoxy) is 2. The maximum Gasteiger partial charge on any atom is 0.0746 e. The molecule has 0 radical (unpaired) electrons. The minimum Gasteiger partial charge on any atom is -0.381 e. The molecule has 4 nitrogen and oxygen atoms in total. The second-order valence-corrected chi connectivity index (χ2v) is 7.16. The molecule has 22 heavy (non-hydrogen) atoms. The summed E-state index contributed by atoms with van der Waals surface area (Å²) in [6.07, 6.45) is 8.15. The van der Waals surface area contributed by atoms with Gasteiger partial charge in [0, 0.05) is 51.2 Å². The predicted octanol–water partition coefficient (Wildman–Crippen LogP) is 2.35. The Bertz CT molecular complexity index is 477. The second kappa shape index (κ2) is 6.65. The van der Waals surface area contributed by atoms with Gasteiger partial charge in [0.2, 0.25) is 0 Å². The van der Waals surface area contributed by atoms with E-state index < -0.39 is 0 Å². The van der Waals surface area contributed by atoms with Gasteiger partial charge in [0.1, 0.15) is 0 Å². The zero-order valence-electron chi connectivity index (χ0n) is 13.2. The molecule has 0 bridgehead atoms. The van der Waals surface area contributed by atoms with Gasteiger partial charge in [-0.25, -0.2) is 0 Å². The van der Waals surface area contributed by atoms with Crippen LogP contribution in [0.1, 0.15) is 24.8 Å². The quantitative estimate of drug-likeness (QED) is 0.724. The minimum atomic E-state index is 0.435. The summed E-state index contributed by atoms with van der Waals surface area (Å²) in [5, 5.41) is 0. The third-order valence-corrected chi connectivity index (χ3v) is 5.33. The predicted molar refractivity (Wildman–Crippen MR) is 84.4 cm³/mol. The van der Waals surface area contributed by atoms with Gasteiger partial charge in [-0.15, -0.1) is 0 Å². The van der Waals surface area contributed by atoms with Gasteiger partial charge in [-0.1, -0.05) is 6.07 Å². The Balaban J connectivity index is 1.23. The van der Waals surface area contributed by atoms with Crippen molar-refractivity contribution in [3.05, 3.63) is 30.1 Å². The molecule has 1 aromatic heterocycles. The molecule has 4 rings (SSSR count). The maximum atomic E-state index is 6.04. The van der Waals surface area contributed by atoms with Crippen LogP contribution in [0.4, 0.5) is 0 Å². The smallest absolute Gasteiger partial charge is 0.0746 e. The molecule has 4 heteroatoms. The zero-order chi connectivity index (χ0) is 14.8. The lowest BCUT2D eigenvalue weighted by Crippen LogP contribution is -2.24. The van der Waals surface area contributed by atoms with Gasteiger partial charge in [0.15, 0.2) is 0 Å². The summed E-state index contributed by atoms with van der Waals surface area (Å²) < 4.78 is 11.8. The lowest BCUT2D eigenvalue weighted by molar-refractivity contribution is 0.0833. The number of hydrogen-bond acceptors (Lipinski definition) is 4. The van der Waals surface area contributed by atoms with Crippen molar-refractivity contribution < 1.29 is 9.47 Å². The van der Waals surface area contributed by atoms with Crippen molar-refractivity contribution in [2.45, 2.75) is 31.9 Å². The Labute approximate surface area is 132 Å². The Morgan fingerprint density at radius 2 is 2.27 bits per heavy atom. The van der Waals surface area contributed by atoms with Gasteiger partial charge < -0.3 is 9.47 Å². The molecule has 3 fully saturated rings. The van der Waals surface area contributed by atoms with E-state index in [1.165, 1.54) is 18.4 Å². The van der Waals surface area contributed by atoms with Gasteiger partial charge in [-0.3, -0.25) is 9.88 Å². The van der Waals surface area contributed by atoms with Gasteiger partial charge >= 0.3 is 0 Å². The molecule has 3 heterocycles. The number of pyridine rings is 1. The first-order valence-electron chi connectivity index (χ1n) is 8.69. The highest BCUT2D eigenvalue weighted by molar-refractivity contribution is 5.09. The molecule has 1 saturated carbocycles. The van der Waals surface area contributed by atoms with E-state index in [1.807, 2.05) is 18.5 Å². The SMILES string of the molecule is c1cncc(CN2C[C@H]3[C@@H](CCOCC4CC4)CO[C@H]3C2)c1. The third-order valence-electron chi connectivity index (χ3n) is 5.33. The van der Waals surface area contributed by atoms with Crippen molar-refractivity contribution in [3.63, 3.8) is 0 Å². The molecule has 1 aliphatic carbocycles. The van der Waals surface area contributed by atoms with Gasteiger partial charge in [0.05, 0.1) is 12.7 Å². The normalized spacial score (nSPS) is 31.5. The topological polar surface area (TPSA) is 34.6 Å². The Morgan fingerprint density at radius 3 is 3.09 bits per heavy atom. The van der Waals surface area contributed by atoms with Crippen LogP contribution in [0.15, 0.2) is 24.5 Å². The van der Waals surface area contributed by atoms with Crippen molar-refractivity contribution in [2.24, 2.45) is 17.8 Å². The van der Waals surface area contributed by atoms with E-state index in [9.17, 15) is 0 Å². The van der Waals surface area contributed by atoms with Crippen LogP contribution >= 0.6 is 0 Å². The summed E-state index contributed by atoms with van der Waals surface area (Å²) in [6, 6.07) is 4.17. The van der Waals surface area contributed by atoms with Gasteiger partial charge in [-0.2, -0.15) is 0 Å². The second-order valence-electron chi connectivity index (χ2n) is 7.16. The van der Waals surface area contributed by atoms with Crippen LogP contribution in [0.5, 0.6) is 0 Å². The largest absolute Gasteiger partial charge is 0.381 e. The number of likely N-dealkylation sites (tertiary alicyclic amines) is 1. The monoisotopic (exact) mass is 302 g/mol. The fourth-order valence-electron chi connectivity index (χ4n) is 3.83. The summed E-state index contributed by atoms with van der Waals surface area (Å²) in [5.41, 5.74) is 1.30. The molecule has 0 amide bonds. The summed E-state index contributed by atoms with van der Waals surface area (Å²) in [6.45, 7) is 6.05. The van der Waals surface area contributed by atoms with E-state index in [4.69, 9.17) is 9.47 Å². The molecule has 3 atom stereocenters. The minimum absolute atomic E-state index is 0.435. The van der Waals surface area contributed by atoms with E-state index in [1.54, 1.807) is 0 Å². The lowest BCUT2D eigenvalue weighted by atomic mass is 9.91. The van der Waals surface area contributed by atoms with Gasteiger partial charge in [-0.05, 0) is 42.7 Å². The first-order chi connectivity index (χ1) is 10.9. The molecule has 3 aliphatic rings. The molecule has 2 aliphatic heterocycles. The summed E-state index contributed by atoms with van der Waals surface area (Å²) >= 11 is 0. The number of aromatic nitrogens is 1. The van der Waals surface area contributed by atoms with Crippen LogP contribution < -0.4 is 0 Å². The van der Waals surface area contributed by atoms with Crippen LogP contribution in [0, 0.1) is 17.8 Å². The fourth-order valence-corrected chi connectivity index (χ4v) is 3.83. The molecule has 0 N–H and O–H groups in total. The standard InChI is InChI=1S/C18H26N2O2/c1-2-15(8-19-6-1)9-20-10-17-16(13-22-18(17)11-20)5-7-21-12-14-3-4-14/h1-2,6,8,14,16-18H,3-5,7,9-13H2/t16-,17-,18-/m0/s1. The molecule has 2 saturated heterocycles. The van der Waals surface area contributed by atoms with Crippen LogP contribution in [0.2, 0.25) is 0 Å². The van der Waals surface area contributed by atoms with Crippen LogP contribution in [-0.4, -0.2) is 48.9 Å². The maximum absolute atomic E-state index is 6.04. The molecule has 0 spiro atoms. The Morgan fingerprint density at radius 1 is 1.32 bits per heavy atom. The van der Waals surface area contributed by atoms with E-state index in [0.29, 0.717) is 17.9 Å². The highest BCUT2D eigenvalue weighted by Crippen LogP contribution is 2.36. The Hall–Kier alpha value is -0.970. The molecule has 0 unspecified atom stereocenters. The van der Waals surface area contributed by atoms with Crippen LogP contribution in [0.25, 0.3) is 0 Å².